The van der Waals surface area contributed by atoms with Crippen LogP contribution in [0.5, 0.6) is 0 Å². The predicted molar refractivity (Wildman–Crippen MR) is 92.0 cm³/mol. The minimum absolute atomic E-state index is 0.0633. The fourth-order valence-electron chi connectivity index (χ4n) is 3.93. The number of nitrogens with zero attached hydrogens (tertiary/aromatic N) is 5. The van der Waals surface area contributed by atoms with E-state index in [1.165, 1.54) is 25.7 Å². The maximum absolute atomic E-state index is 13.2. The van der Waals surface area contributed by atoms with E-state index in [-0.39, 0.29) is 11.9 Å². The van der Waals surface area contributed by atoms with Crippen molar-refractivity contribution in [2.75, 3.05) is 19.6 Å². The summed E-state index contributed by atoms with van der Waals surface area (Å²) in [6.07, 6.45) is 7.89. The van der Waals surface area contributed by atoms with Gasteiger partial charge in [-0.15, -0.1) is 0 Å². The van der Waals surface area contributed by atoms with Gasteiger partial charge < -0.3 is 14.2 Å². The molecule has 4 heterocycles. The number of oxazole rings is 1. The topological polar surface area (TPSA) is 67.4 Å². The summed E-state index contributed by atoms with van der Waals surface area (Å²) in [5.41, 5.74) is 1.73. The first kappa shape index (κ1) is 16.3. The molecule has 0 radical (unpaired) electrons. The molecule has 7 heteroatoms. The highest BCUT2D eigenvalue weighted by Crippen LogP contribution is 2.23. The van der Waals surface area contributed by atoms with E-state index in [9.17, 15) is 4.79 Å². The van der Waals surface area contributed by atoms with Crippen LogP contribution in [0.15, 0.2) is 23.1 Å². The fourth-order valence-corrected chi connectivity index (χ4v) is 3.93. The lowest BCUT2D eigenvalue weighted by Gasteiger charge is -2.35. The van der Waals surface area contributed by atoms with Gasteiger partial charge in [0.15, 0.2) is 6.39 Å². The summed E-state index contributed by atoms with van der Waals surface area (Å²) in [6.45, 7) is 6.41. The highest BCUT2D eigenvalue weighted by molar-refractivity contribution is 5.92. The van der Waals surface area contributed by atoms with E-state index in [0.717, 1.165) is 38.3 Å². The number of piperidine rings is 1. The summed E-state index contributed by atoms with van der Waals surface area (Å²) < 4.78 is 7.41. The molecule has 2 aromatic rings. The van der Waals surface area contributed by atoms with E-state index in [4.69, 9.17) is 4.42 Å². The third-order valence-corrected chi connectivity index (χ3v) is 5.37. The molecule has 0 unspecified atom stereocenters. The molecule has 0 aromatic carbocycles. The van der Waals surface area contributed by atoms with Crippen LogP contribution >= 0.6 is 0 Å². The van der Waals surface area contributed by atoms with Crippen LogP contribution in [-0.2, 0) is 13.1 Å². The normalized spacial score (nSPS) is 21.8. The number of amides is 1. The van der Waals surface area contributed by atoms with E-state index in [1.807, 2.05) is 28.8 Å². The second-order valence-electron chi connectivity index (χ2n) is 7.05. The van der Waals surface area contributed by atoms with Gasteiger partial charge in [0.2, 0.25) is 5.76 Å². The average Bonchev–Trinajstić information content (AvgIpc) is 3.22. The summed E-state index contributed by atoms with van der Waals surface area (Å²) in [7, 11) is 0. The Hall–Kier alpha value is -2.15. The number of rotatable bonds is 3. The molecule has 0 N–H and O–H groups in total. The van der Waals surface area contributed by atoms with Crippen molar-refractivity contribution in [2.24, 2.45) is 0 Å². The fraction of sp³-hybridized carbons (Fsp3) is 0.611. The maximum atomic E-state index is 13.2. The Morgan fingerprint density at radius 3 is 2.88 bits per heavy atom. The van der Waals surface area contributed by atoms with Crippen LogP contribution in [0.3, 0.4) is 0 Å². The molecule has 1 fully saturated rings. The second kappa shape index (κ2) is 7.00. The van der Waals surface area contributed by atoms with Crippen molar-refractivity contribution in [3.63, 3.8) is 0 Å². The number of aryl methyl sites for hydroxylation is 2. The van der Waals surface area contributed by atoms with E-state index in [0.29, 0.717) is 18.0 Å². The summed E-state index contributed by atoms with van der Waals surface area (Å²) in [5, 5.41) is 4.40. The lowest BCUT2D eigenvalue weighted by atomic mass is 10.1. The van der Waals surface area contributed by atoms with Gasteiger partial charge in [0.05, 0.1) is 17.9 Å². The van der Waals surface area contributed by atoms with Gasteiger partial charge in [-0.05, 0) is 45.3 Å². The summed E-state index contributed by atoms with van der Waals surface area (Å²) in [6, 6.07) is 2.16. The minimum Gasteiger partial charge on any atom is -0.438 e. The Morgan fingerprint density at radius 2 is 2.12 bits per heavy atom. The maximum Gasteiger partial charge on any atom is 0.292 e. The number of likely N-dealkylation sites (tertiary alicyclic amines) is 1. The Bertz CT molecular complexity index is 731. The average molecular weight is 343 g/mol. The van der Waals surface area contributed by atoms with Crippen molar-refractivity contribution in [3.05, 3.63) is 35.8 Å². The monoisotopic (exact) mass is 343 g/mol. The zero-order valence-corrected chi connectivity index (χ0v) is 14.7. The predicted octanol–water partition coefficient (Wildman–Crippen LogP) is 2.08. The Labute approximate surface area is 147 Å². The second-order valence-corrected chi connectivity index (χ2v) is 7.05. The number of carbonyl (C=O) groups is 1. The van der Waals surface area contributed by atoms with Crippen LogP contribution in [0.2, 0.25) is 0 Å². The molecule has 0 aliphatic carbocycles. The van der Waals surface area contributed by atoms with Crippen LogP contribution in [0, 0.1) is 6.92 Å². The Morgan fingerprint density at radius 1 is 1.28 bits per heavy atom. The van der Waals surface area contributed by atoms with Crippen LogP contribution in [0.4, 0.5) is 0 Å². The molecular formula is C18H25N5O2. The molecule has 2 aliphatic rings. The molecular weight excluding hydrogens is 318 g/mol. The van der Waals surface area contributed by atoms with E-state index in [2.05, 4.69) is 15.0 Å². The van der Waals surface area contributed by atoms with Gasteiger partial charge in [-0.25, -0.2) is 4.98 Å². The van der Waals surface area contributed by atoms with Crippen LogP contribution in [-0.4, -0.2) is 56.1 Å². The third kappa shape index (κ3) is 3.33. The van der Waals surface area contributed by atoms with Gasteiger partial charge in [-0.1, -0.05) is 6.42 Å². The number of hydrogen-bond donors (Lipinski definition) is 0. The SMILES string of the molecule is Cc1ncoc1C(=O)N1Cc2ccnn2CC[C@@H]1CN1CCCCC1. The summed E-state index contributed by atoms with van der Waals surface area (Å²) >= 11 is 0. The van der Waals surface area contributed by atoms with Crippen LogP contribution in [0.25, 0.3) is 0 Å². The van der Waals surface area contributed by atoms with Crippen molar-refractivity contribution in [1.29, 1.82) is 0 Å². The first-order valence-corrected chi connectivity index (χ1v) is 9.16. The first-order valence-electron chi connectivity index (χ1n) is 9.16. The van der Waals surface area contributed by atoms with E-state index >= 15 is 0 Å². The molecule has 2 aromatic heterocycles. The lowest BCUT2D eigenvalue weighted by Crippen LogP contribution is -2.47. The van der Waals surface area contributed by atoms with Gasteiger partial charge >= 0.3 is 0 Å². The molecule has 25 heavy (non-hydrogen) atoms. The molecule has 1 atom stereocenters. The van der Waals surface area contributed by atoms with Crippen molar-refractivity contribution in [1.82, 2.24) is 24.6 Å². The van der Waals surface area contributed by atoms with E-state index < -0.39 is 0 Å². The van der Waals surface area contributed by atoms with Gasteiger partial charge in [0.1, 0.15) is 0 Å². The highest BCUT2D eigenvalue weighted by atomic mass is 16.3. The molecule has 134 valence electrons. The van der Waals surface area contributed by atoms with Gasteiger partial charge in [0, 0.05) is 25.3 Å². The summed E-state index contributed by atoms with van der Waals surface area (Å²) in [4.78, 5) is 21.7. The molecule has 0 spiro atoms. The third-order valence-electron chi connectivity index (χ3n) is 5.37. The minimum atomic E-state index is -0.0633. The van der Waals surface area contributed by atoms with Crippen molar-refractivity contribution >= 4 is 5.91 Å². The van der Waals surface area contributed by atoms with Gasteiger partial charge in [-0.3, -0.25) is 9.48 Å². The van der Waals surface area contributed by atoms with Gasteiger partial charge in [0.25, 0.3) is 5.91 Å². The van der Waals surface area contributed by atoms with Crippen LogP contribution < -0.4 is 0 Å². The molecule has 4 rings (SSSR count). The number of fused-ring (bicyclic) bond motifs is 1. The molecule has 1 saturated heterocycles. The lowest BCUT2D eigenvalue weighted by molar-refractivity contribution is 0.0556. The zero-order valence-electron chi connectivity index (χ0n) is 14.7. The number of carbonyl (C=O) groups excluding carboxylic acids is 1. The molecule has 0 bridgehead atoms. The van der Waals surface area contributed by atoms with Gasteiger partial charge in [-0.2, -0.15) is 5.10 Å². The number of aromatic nitrogens is 3. The Balaban J connectivity index is 1.59. The van der Waals surface area contributed by atoms with Crippen LogP contribution in [0.1, 0.15) is 47.6 Å². The smallest absolute Gasteiger partial charge is 0.292 e. The largest absolute Gasteiger partial charge is 0.438 e. The molecule has 7 nitrogen and oxygen atoms in total. The molecule has 1 amide bonds. The van der Waals surface area contributed by atoms with E-state index in [1.54, 1.807) is 0 Å². The standard InChI is InChI=1S/C18H25N5O2/c1-14-17(25-13-19-14)18(24)22-12-16-5-7-20-23(16)10-6-15(22)11-21-8-3-2-4-9-21/h5,7,13,15H,2-4,6,8-12H2,1H3/t15-/m1/s1. The zero-order chi connectivity index (χ0) is 17.2. The highest BCUT2D eigenvalue weighted by Gasteiger charge is 2.32. The van der Waals surface area contributed by atoms with Crippen molar-refractivity contribution in [3.8, 4) is 0 Å². The Kier molecular flexibility index (Phi) is 4.57. The number of hydrogen-bond acceptors (Lipinski definition) is 5. The van der Waals surface area contributed by atoms with Crippen molar-refractivity contribution in [2.45, 2.75) is 51.7 Å². The quantitative estimate of drug-likeness (QED) is 0.853. The molecule has 2 aliphatic heterocycles. The van der Waals surface area contributed by atoms with Crippen molar-refractivity contribution < 1.29 is 9.21 Å². The first-order chi connectivity index (χ1) is 12.2. The summed E-state index contributed by atoms with van der Waals surface area (Å²) in [5.74, 6) is 0.295. The molecule has 0 saturated carbocycles.